The van der Waals surface area contributed by atoms with Gasteiger partial charge in [0.25, 0.3) is 0 Å². The summed E-state index contributed by atoms with van der Waals surface area (Å²) in [6.07, 6.45) is 1.91. The Morgan fingerprint density at radius 2 is 1.81 bits per heavy atom. The van der Waals surface area contributed by atoms with Crippen LogP contribution in [0.1, 0.15) is 12.8 Å². The van der Waals surface area contributed by atoms with E-state index in [2.05, 4.69) is 10.0 Å². The fourth-order valence-corrected chi connectivity index (χ4v) is 4.69. The second-order valence-corrected chi connectivity index (χ2v) is 8.17. The summed E-state index contributed by atoms with van der Waals surface area (Å²) in [7, 11) is -1.99. The second-order valence-electron chi connectivity index (χ2n) is 6.43. The Balaban J connectivity index is 0.00000243. The Labute approximate surface area is 161 Å². The van der Waals surface area contributed by atoms with Crippen molar-refractivity contribution in [3.63, 3.8) is 0 Å². The van der Waals surface area contributed by atoms with Crippen LogP contribution in [0.25, 0.3) is 11.1 Å². The first-order chi connectivity index (χ1) is 12.1. The molecular weight excluding hydrogens is 372 g/mol. The average molecular weight is 397 g/mol. The fourth-order valence-electron chi connectivity index (χ4n) is 3.34. The predicted molar refractivity (Wildman–Crippen MR) is 106 cm³/mol. The van der Waals surface area contributed by atoms with Gasteiger partial charge in [-0.25, -0.2) is 13.1 Å². The lowest BCUT2D eigenvalue weighted by Crippen LogP contribution is -2.52. The molecule has 1 heterocycles. The SMILES string of the molecule is COCC1(CNS(=O)(=O)c2ccccc2-c2ccccc2)CCCN1.Cl. The van der Waals surface area contributed by atoms with Gasteiger partial charge in [0.1, 0.15) is 0 Å². The van der Waals surface area contributed by atoms with Crippen molar-refractivity contribution in [1.29, 1.82) is 0 Å². The first-order valence-electron chi connectivity index (χ1n) is 8.44. The van der Waals surface area contributed by atoms with E-state index in [4.69, 9.17) is 4.74 Å². The van der Waals surface area contributed by atoms with E-state index in [9.17, 15) is 8.42 Å². The molecule has 1 atom stereocenters. The summed E-state index contributed by atoms with van der Waals surface area (Å²) < 4.78 is 34.0. The van der Waals surface area contributed by atoms with Crippen LogP contribution >= 0.6 is 12.4 Å². The molecule has 3 rings (SSSR count). The van der Waals surface area contributed by atoms with Crippen molar-refractivity contribution in [3.05, 3.63) is 54.6 Å². The van der Waals surface area contributed by atoms with Crippen molar-refractivity contribution in [2.75, 3.05) is 26.8 Å². The van der Waals surface area contributed by atoms with Crippen LogP contribution in [0.15, 0.2) is 59.5 Å². The van der Waals surface area contributed by atoms with E-state index in [1.165, 1.54) is 0 Å². The summed E-state index contributed by atoms with van der Waals surface area (Å²) in [5.41, 5.74) is 1.26. The topological polar surface area (TPSA) is 67.4 Å². The first-order valence-corrected chi connectivity index (χ1v) is 9.93. The highest BCUT2D eigenvalue weighted by Crippen LogP contribution is 2.27. The second kappa shape index (κ2) is 8.97. The lowest BCUT2D eigenvalue weighted by Gasteiger charge is -2.29. The largest absolute Gasteiger partial charge is 0.383 e. The highest BCUT2D eigenvalue weighted by Gasteiger charge is 2.35. The number of ether oxygens (including phenoxy) is 1. The van der Waals surface area contributed by atoms with Crippen molar-refractivity contribution in [3.8, 4) is 11.1 Å². The summed E-state index contributed by atoms with van der Waals surface area (Å²) in [5.74, 6) is 0. The van der Waals surface area contributed by atoms with Crippen LogP contribution in [0.2, 0.25) is 0 Å². The number of methoxy groups -OCH3 is 1. The molecule has 2 aromatic rings. The molecule has 26 heavy (non-hydrogen) atoms. The number of hydrogen-bond donors (Lipinski definition) is 2. The van der Waals surface area contributed by atoms with Crippen LogP contribution in [0.5, 0.6) is 0 Å². The molecule has 0 spiro atoms. The number of hydrogen-bond acceptors (Lipinski definition) is 4. The molecule has 1 fully saturated rings. The molecule has 2 N–H and O–H groups in total. The van der Waals surface area contributed by atoms with E-state index in [0.29, 0.717) is 23.6 Å². The normalized spacial score (nSPS) is 19.9. The van der Waals surface area contributed by atoms with Crippen LogP contribution in [0.3, 0.4) is 0 Å². The van der Waals surface area contributed by atoms with Gasteiger partial charge >= 0.3 is 0 Å². The molecule has 1 aliphatic rings. The third-order valence-electron chi connectivity index (χ3n) is 4.61. The molecule has 5 nitrogen and oxygen atoms in total. The standard InChI is InChI=1S/C19H24N2O3S.ClH/c1-24-15-19(12-7-13-20-19)14-21-25(22,23)18-11-6-5-10-17(18)16-8-3-2-4-9-16;/h2-6,8-11,20-21H,7,12-15H2,1H3;1H. The monoisotopic (exact) mass is 396 g/mol. The van der Waals surface area contributed by atoms with Crippen molar-refractivity contribution < 1.29 is 13.2 Å². The van der Waals surface area contributed by atoms with Crippen molar-refractivity contribution in [2.24, 2.45) is 0 Å². The number of sulfonamides is 1. The Morgan fingerprint density at radius 1 is 1.12 bits per heavy atom. The van der Waals surface area contributed by atoms with E-state index in [0.717, 1.165) is 24.9 Å². The minimum absolute atomic E-state index is 0. The van der Waals surface area contributed by atoms with Crippen LogP contribution < -0.4 is 10.0 Å². The molecule has 142 valence electrons. The van der Waals surface area contributed by atoms with Crippen LogP contribution in [0, 0.1) is 0 Å². The quantitative estimate of drug-likeness (QED) is 0.755. The molecule has 0 saturated carbocycles. The molecule has 0 aromatic heterocycles. The Kier molecular flexibility index (Phi) is 7.20. The molecular formula is C19H25ClN2O3S. The third-order valence-corrected chi connectivity index (χ3v) is 6.07. The van der Waals surface area contributed by atoms with Gasteiger partial charge in [0.15, 0.2) is 0 Å². The number of rotatable bonds is 7. The van der Waals surface area contributed by atoms with E-state index < -0.39 is 10.0 Å². The first kappa shape index (κ1) is 20.9. The zero-order valence-corrected chi connectivity index (χ0v) is 16.4. The maximum Gasteiger partial charge on any atom is 0.241 e. The van der Waals surface area contributed by atoms with Crippen LogP contribution in [0.4, 0.5) is 0 Å². The summed E-state index contributed by atoms with van der Waals surface area (Å²) in [5, 5.41) is 3.39. The number of halogens is 1. The lowest BCUT2D eigenvalue weighted by atomic mass is 9.99. The number of nitrogens with one attached hydrogen (secondary N) is 2. The van der Waals surface area contributed by atoms with E-state index in [1.807, 2.05) is 42.5 Å². The van der Waals surface area contributed by atoms with Crippen molar-refractivity contribution in [1.82, 2.24) is 10.0 Å². The third kappa shape index (κ3) is 4.64. The predicted octanol–water partition coefficient (Wildman–Crippen LogP) is 2.82. The van der Waals surface area contributed by atoms with E-state index in [-0.39, 0.29) is 17.9 Å². The van der Waals surface area contributed by atoms with Crippen molar-refractivity contribution >= 4 is 22.4 Å². The van der Waals surface area contributed by atoms with Gasteiger partial charge in [-0.15, -0.1) is 12.4 Å². The molecule has 1 unspecified atom stereocenters. The fraction of sp³-hybridized carbons (Fsp3) is 0.368. The maximum atomic E-state index is 12.9. The zero-order valence-electron chi connectivity index (χ0n) is 14.8. The summed E-state index contributed by atoms with van der Waals surface area (Å²) in [6, 6.07) is 16.6. The zero-order chi connectivity index (χ0) is 17.8. The molecule has 2 aromatic carbocycles. The molecule has 1 aliphatic heterocycles. The van der Waals surface area contributed by atoms with Gasteiger partial charge in [-0.1, -0.05) is 48.5 Å². The number of benzene rings is 2. The Morgan fingerprint density at radius 3 is 2.46 bits per heavy atom. The van der Waals surface area contributed by atoms with Crippen molar-refractivity contribution in [2.45, 2.75) is 23.3 Å². The molecule has 0 aliphatic carbocycles. The lowest BCUT2D eigenvalue weighted by molar-refractivity contribution is 0.122. The molecule has 0 radical (unpaired) electrons. The van der Waals surface area contributed by atoms with E-state index >= 15 is 0 Å². The van der Waals surface area contributed by atoms with Gasteiger partial charge in [-0.2, -0.15) is 0 Å². The van der Waals surface area contributed by atoms with Gasteiger partial charge in [0.05, 0.1) is 17.0 Å². The molecule has 7 heteroatoms. The minimum Gasteiger partial charge on any atom is -0.383 e. The smallest absolute Gasteiger partial charge is 0.241 e. The van der Waals surface area contributed by atoms with E-state index in [1.54, 1.807) is 19.2 Å². The summed E-state index contributed by atoms with van der Waals surface area (Å²) >= 11 is 0. The van der Waals surface area contributed by atoms with Gasteiger partial charge in [0.2, 0.25) is 10.0 Å². The maximum absolute atomic E-state index is 12.9. The molecule has 0 bridgehead atoms. The Bertz CT molecular complexity index is 807. The van der Waals surface area contributed by atoms with Crippen LogP contribution in [-0.4, -0.2) is 40.8 Å². The minimum atomic E-state index is -3.63. The van der Waals surface area contributed by atoms with Gasteiger partial charge in [0, 0.05) is 19.2 Å². The Hall–Kier alpha value is -1.44. The average Bonchev–Trinajstić information content (AvgIpc) is 3.10. The van der Waals surface area contributed by atoms with Crippen LogP contribution in [-0.2, 0) is 14.8 Å². The van der Waals surface area contributed by atoms with Gasteiger partial charge < -0.3 is 10.1 Å². The molecule has 1 saturated heterocycles. The molecule has 0 amide bonds. The van der Waals surface area contributed by atoms with Gasteiger partial charge in [-0.05, 0) is 31.0 Å². The summed E-state index contributed by atoms with van der Waals surface area (Å²) in [4.78, 5) is 0.298. The summed E-state index contributed by atoms with van der Waals surface area (Å²) in [6.45, 7) is 1.67. The highest BCUT2D eigenvalue weighted by molar-refractivity contribution is 7.89. The van der Waals surface area contributed by atoms with Gasteiger partial charge in [-0.3, -0.25) is 0 Å². The highest BCUT2D eigenvalue weighted by atomic mass is 35.5.